The van der Waals surface area contributed by atoms with Gasteiger partial charge in [0.2, 0.25) is 0 Å². The lowest BCUT2D eigenvalue weighted by atomic mass is 10.2. The highest BCUT2D eigenvalue weighted by Crippen LogP contribution is 2.39. The summed E-state index contributed by atoms with van der Waals surface area (Å²) in [5.41, 5.74) is 1.15. The van der Waals surface area contributed by atoms with Gasteiger partial charge in [0.05, 0.1) is 10.2 Å². The van der Waals surface area contributed by atoms with E-state index < -0.39 is 0 Å². The van der Waals surface area contributed by atoms with Crippen LogP contribution in [-0.4, -0.2) is 16.5 Å². The highest BCUT2D eigenvalue weighted by atomic mass is 79.9. The molecule has 0 spiro atoms. The number of anilines is 1. The first-order valence-corrected chi connectivity index (χ1v) is 6.85. The Morgan fingerprint density at radius 1 is 1.31 bits per heavy atom. The molecule has 1 heterocycles. The minimum absolute atomic E-state index is 0.612. The molecule has 0 atom stereocenters. The third-order valence-electron chi connectivity index (χ3n) is 2.71. The van der Waals surface area contributed by atoms with Crippen molar-refractivity contribution in [1.82, 2.24) is 9.97 Å². The Kier molecular flexibility index (Phi) is 3.79. The van der Waals surface area contributed by atoms with Crippen LogP contribution in [0.1, 0.15) is 50.5 Å². The number of hydrogen-bond donors (Lipinski definition) is 1. The molecule has 2 rings (SSSR count). The molecule has 3 nitrogen and oxygen atoms in total. The minimum atomic E-state index is 0.612. The summed E-state index contributed by atoms with van der Waals surface area (Å²) < 4.78 is 1.04. The highest BCUT2D eigenvalue weighted by Gasteiger charge is 2.28. The lowest BCUT2D eigenvalue weighted by Crippen LogP contribution is -2.07. The molecular weight excluding hydrogens is 266 g/mol. The van der Waals surface area contributed by atoms with E-state index in [2.05, 4.69) is 45.1 Å². The summed E-state index contributed by atoms with van der Waals surface area (Å²) in [6.07, 6.45) is 4.63. The van der Waals surface area contributed by atoms with E-state index in [9.17, 15) is 0 Å². The van der Waals surface area contributed by atoms with Crippen LogP contribution >= 0.6 is 15.9 Å². The zero-order valence-corrected chi connectivity index (χ0v) is 11.5. The standard InChI is InChI=1S/C12H18BrN3/c1-3-5-9-10(13)12(14-4-2)16-11(15-9)8-6-7-8/h8H,3-7H2,1-2H3,(H,14,15,16). The fraction of sp³-hybridized carbons (Fsp3) is 0.667. The van der Waals surface area contributed by atoms with Gasteiger partial charge in [-0.05, 0) is 42.1 Å². The molecule has 0 saturated heterocycles. The highest BCUT2D eigenvalue weighted by molar-refractivity contribution is 9.10. The quantitative estimate of drug-likeness (QED) is 0.899. The van der Waals surface area contributed by atoms with Crippen molar-refractivity contribution in [2.45, 2.75) is 45.4 Å². The van der Waals surface area contributed by atoms with Crippen molar-refractivity contribution in [3.63, 3.8) is 0 Å². The Bertz CT molecular complexity index is 348. The fourth-order valence-electron chi connectivity index (χ4n) is 1.72. The van der Waals surface area contributed by atoms with Crippen molar-refractivity contribution in [3.05, 3.63) is 16.0 Å². The number of nitrogens with one attached hydrogen (secondary N) is 1. The first-order chi connectivity index (χ1) is 7.76. The van der Waals surface area contributed by atoms with Gasteiger partial charge in [-0.3, -0.25) is 0 Å². The molecule has 16 heavy (non-hydrogen) atoms. The van der Waals surface area contributed by atoms with Gasteiger partial charge in [0.25, 0.3) is 0 Å². The molecule has 1 N–H and O–H groups in total. The smallest absolute Gasteiger partial charge is 0.144 e. The number of aromatic nitrogens is 2. The molecule has 1 aliphatic rings. The summed E-state index contributed by atoms with van der Waals surface area (Å²) in [7, 11) is 0. The molecule has 0 unspecified atom stereocenters. The average Bonchev–Trinajstić information content (AvgIpc) is 3.08. The Balaban J connectivity index is 2.34. The molecule has 0 amide bonds. The summed E-state index contributed by atoms with van der Waals surface area (Å²) in [5.74, 6) is 2.60. The molecule has 1 aliphatic carbocycles. The maximum atomic E-state index is 4.67. The Labute approximate surface area is 105 Å². The predicted octanol–water partition coefficient (Wildman–Crippen LogP) is 3.50. The van der Waals surface area contributed by atoms with Crippen molar-refractivity contribution in [2.75, 3.05) is 11.9 Å². The SMILES string of the molecule is CCCc1nc(C2CC2)nc(NCC)c1Br. The molecule has 1 aromatic rings. The van der Waals surface area contributed by atoms with Crippen molar-refractivity contribution in [3.8, 4) is 0 Å². The summed E-state index contributed by atoms with van der Waals surface area (Å²) in [6, 6.07) is 0. The van der Waals surface area contributed by atoms with Crippen molar-refractivity contribution in [2.24, 2.45) is 0 Å². The number of halogens is 1. The molecule has 1 aromatic heterocycles. The molecule has 0 aliphatic heterocycles. The largest absolute Gasteiger partial charge is 0.369 e. The zero-order chi connectivity index (χ0) is 11.5. The monoisotopic (exact) mass is 283 g/mol. The normalized spacial score (nSPS) is 15.2. The molecule has 1 saturated carbocycles. The second-order valence-corrected chi connectivity index (χ2v) is 5.04. The third kappa shape index (κ3) is 2.54. The van der Waals surface area contributed by atoms with Crippen LogP contribution in [0.3, 0.4) is 0 Å². The molecule has 0 bridgehead atoms. The summed E-state index contributed by atoms with van der Waals surface area (Å²) in [5, 5.41) is 3.30. The minimum Gasteiger partial charge on any atom is -0.369 e. The molecule has 4 heteroatoms. The van der Waals surface area contributed by atoms with Crippen LogP contribution < -0.4 is 5.32 Å². The van der Waals surface area contributed by atoms with Gasteiger partial charge in [0, 0.05) is 12.5 Å². The third-order valence-corrected chi connectivity index (χ3v) is 3.54. The van der Waals surface area contributed by atoms with Crippen molar-refractivity contribution < 1.29 is 0 Å². The Hall–Kier alpha value is -0.640. The molecule has 1 fully saturated rings. The number of rotatable bonds is 5. The van der Waals surface area contributed by atoms with Crippen LogP contribution in [0, 0.1) is 0 Å². The van der Waals surface area contributed by atoms with Crippen LogP contribution in [0.4, 0.5) is 5.82 Å². The van der Waals surface area contributed by atoms with E-state index >= 15 is 0 Å². The molecule has 88 valence electrons. The van der Waals surface area contributed by atoms with Crippen molar-refractivity contribution >= 4 is 21.7 Å². The Morgan fingerprint density at radius 3 is 2.62 bits per heavy atom. The Morgan fingerprint density at radius 2 is 2.06 bits per heavy atom. The van der Waals surface area contributed by atoms with Crippen LogP contribution in [0.2, 0.25) is 0 Å². The van der Waals surface area contributed by atoms with Crippen molar-refractivity contribution in [1.29, 1.82) is 0 Å². The van der Waals surface area contributed by atoms with Crippen LogP contribution in [0.5, 0.6) is 0 Å². The fourth-order valence-corrected chi connectivity index (χ4v) is 2.24. The van der Waals surface area contributed by atoms with E-state index in [1.54, 1.807) is 0 Å². The molecule has 0 radical (unpaired) electrons. The lowest BCUT2D eigenvalue weighted by molar-refractivity contribution is 0.821. The van der Waals surface area contributed by atoms with Crippen LogP contribution in [0.15, 0.2) is 4.47 Å². The summed E-state index contributed by atoms with van der Waals surface area (Å²) >= 11 is 3.60. The van der Waals surface area contributed by atoms with Gasteiger partial charge in [0.1, 0.15) is 11.6 Å². The van der Waals surface area contributed by atoms with Gasteiger partial charge in [-0.2, -0.15) is 0 Å². The van der Waals surface area contributed by atoms with Crippen LogP contribution in [-0.2, 0) is 6.42 Å². The van der Waals surface area contributed by atoms with Crippen LogP contribution in [0.25, 0.3) is 0 Å². The van der Waals surface area contributed by atoms with Gasteiger partial charge in [-0.1, -0.05) is 13.3 Å². The summed E-state index contributed by atoms with van der Waals surface area (Å²) in [4.78, 5) is 9.27. The van der Waals surface area contributed by atoms with E-state index in [0.29, 0.717) is 5.92 Å². The second-order valence-electron chi connectivity index (χ2n) is 4.25. The van der Waals surface area contributed by atoms with E-state index in [0.717, 1.165) is 41.2 Å². The first-order valence-electron chi connectivity index (χ1n) is 6.06. The van der Waals surface area contributed by atoms with Gasteiger partial charge >= 0.3 is 0 Å². The predicted molar refractivity (Wildman–Crippen MR) is 69.9 cm³/mol. The van der Waals surface area contributed by atoms with Gasteiger partial charge in [-0.25, -0.2) is 9.97 Å². The van der Waals surface area contributed by atoms with Gasteiger partial charge in [0.15, 0.2) is 0 Å². The first kappa shape index (κ1) is 11.8. The van der Waals surface area contributed by atoms with Gasteiger partial charge < -0.3 is 5.32 Å². The topological polar surface area (TPSA) is 37.8 Å². The average molecular weight is 284 g/mol. The maximum Gasteiger partial charge on any atom is 0.144 e. The number of aryl methyl sites for hydroxylation is 1. The number of hydrogen-bond acceptors (Lipinski definition) is 3. The molecule has 0 aromatic carbocycles. The number of nitrogens with zero attached hydrogens (tertiary/aromatic N) is 2. The maximum absolute atomic E-state index is 4.67. The molecular formula is C12H18BrN3. The lowest BCUT2D eigenvalue weighted by Gasteiger charge is -2.11. The van der Waals surface area contributed by atoms with E-state index in [1.165, 1.54) is 12.8 Å². The van der Waals surface area contributed by atoms with Gasteiger partial charge in [-0.15, -0.1) is 0 Å². The zero-order valence-electron chi connectivity index (χ0n) is 9.89. The van der Waals surface area contributed by atoms with E-state index in [1.807, 2.05) is 0 Å². The second kappa shape index (κ2) is 5.13. The summed E-state index contributed by atoms with van der Waals surface area (Å²) in [6.45, 7) is 5.16. The van der Waals surface area contributed by atoms with E-state index in [-0.39, 0.29) is 0 Å². The van der Waals surface area contributed by atoms with E-state index in [4.69, 9.17) is 0 Å².